The second-order valence-corrected chi connectivity index (χ2v) is 9.27. The molecule has 2 saturated heterocycles. The second-order valence-electron chi connectivity index (χ2n) is 9.27. The zero-order chi connectivity index (χ0) is 19.5. The monoisotopic (exact) mass is 389 g/mol. The van der Waals surface area contributed by atoms with E-state index in [-0.39, 0.29) is 35.7 Å². The molecule has 0 aromatic heterocycles. The van der Waals surface area contributed by atoms with E-state index in [1.54, 1.807) is 4.90 Å². The first kappa shape index (κ1) is 19.7. The van der Waals surface area contributed by atoms with Gasteiger partial charge in [0.1, 0.15) is 6.04 Å². The predicted molar refractivity (Wildman–Crippen MR) is 106 cm³/mol. The van der Waals surface area contributed by atoms with Crippen molar-refractivity contribution in [3.05, 3.63) is 0 Å². The van der Waals surface area contributed by atoms with Crippen molar-refractivity contribution >= 4 is 17.7 Å². The predicted octanol–water partition coefficient (Wildman–Crippen LogP) is 2.61. The van der Waals surface area contributed by atoms with Crippen molar-refractivity contribution in [1.82, 2.24) is 15.1 Å². The van der Waals surface area contributed by atoms with Crippen LogP contribution in [0.15, 0.2) is 0 Å². The summed E-state index contributed by atoms with van der Waals surface area (Å²) in [4.78, 5) is 42.3. The Hall–Kier alpha value is -1.59. The molecule has 4 fully saturated rings. The highest BCUT2D eigenvalue weighted by Gasteiger charge is 2.43. The summed E-state index contributed by atoms with van der Waals surface area (Å²) < 4.78 is 0. The molecule has 2 aliphatic carbocycles. The van der Waals surface area contributed by atoms with Crippen LogP contribution in [0.4, 0.5) is 0 Å². The summed E-state index contributed by atoms with van der Waals surface area (Å²) in [5, 5.41) is 3.20. The smallest absolute Gasteiger partial charge is 0.243 e. The van der Waals surface area contributed by atoms with E-state index in [1.165, 1.54) is 38.5 Å². The Morgan fingerprint density at radius 3 is 2.25 bits per heavy atom. The molecule has 4 aliphatic rings. The largest absolute Gasteiger partial charge is 0.352 e. The third kappa shape index (κ3) is 4.20. The summed E-state index contributed by atoms with van der Waals surface area (Å²) in [6, 6.07) is 0.255. The lowest BCUT2D eigenvalue weighted by atomic mass is 9.94. The molecule has 6 nitrogen and oxygen atoms in total. The fourth-order valence-electron chi connectivity index (χ4n) is 5.72. The summed E-state index contributed by atoms with van der Waals surface area (Å²) in [5.74, 6) is -0.0932. The van der Waals surface area contributed by atoms with Gasteiger partial charge in [0.2, 0.25) is 17.7 Å². The van der Waals surface area contributed by atoms with Crippen molar-refractivity contribution in [2.45, 2.75) is 102 Å². The molecule has 3 amide bonds. The van der Waals surface area contributed by atoms with Crippen LogP contribution in [-0.4, -0.2) is 58.7 Å². The maximum Gasteiger partial charge on any atom is 0.243 e. The standard InChI is InChI=1S/C22H35N3O3/c26-20-14-16(15-25(20)18-10-5-2-6-11-18)22(28)24-13-7-12-19(24)21(27)23-17-8-3-1-4-9-17/h16-19H,1-15H2,(H,23,27). The van der Waals surface area contributed by atoms with Crippen molar-refractivity contribution in [2.75, 3.05) is 13.1 Å². The van der Waals surface area contributed by atoms with Gasteiger partial charge in [0.15, 0.2) is 0 Å². The van der Waals surface area contributed by atoms with Crippen LogP contribution in [0.5, 0.6) is 0 Å². The highest BCUT2D eigenvalue weighted by Crippen LogP contribution is 2.31. The number of carbonyl (C=O) groups is 3. The Kier molecular flexibility index (Phi) is 6.22. The number of hydrogen-bond acceptors (Lipinski definition) is 3. The van der Waals surface area contributed by atoms with Crippen molar-refractivity contribution in [2.24, 2.45) is 5.92 Å². The lowest BCUT2D eigenvalue weighted by molar-refractivity contribution is -0.141. The minimum atomic E-state index is -0.340. The third-order valence-corrected chi connectivity index (χ3v) is 7.31. The number of nitrogens with zero attached hydrogens (tertiary/aromatic N) is 2. The average molecular weight is 390 g/mol. The molecule has 156 valence electrons. The fraction of sp³-hybridized carbons (Fsp3) is 0.864. The summed E-state index contributed by atoms with van der Waals surface area (Å²) >= 11 is 0. The van der Waals surface area contributed by atoms with Crippen LogP contribution >= 0.6 is 0 Å². The molecule has 0 spiro atoms. The van der Waals surface area contributed by atoms with Gasteiger partial charge in [-0.2, -0.15) is 0 Å². The Morgan fingerprint density at radius 1 is 0.857 bits per heavy atom. The van der Waals surface area contributed by atoms with Crippen molar-refractivity contribution in [1.29, 1.82) is 0 Å². The Labute approximate surface area is 168 Å². The number of likely N-dealkylation sites (tertiary alicyclic amines) is 2. The SMILES string of the molecule is O=C(NC1CCCCC1)C1CCCN1C(=O)C1CC(=O)N(C2CCCCC2)C1. The van der Waals surface area contributed by atoms with Gasteiger partial charge in [-0.25, -0.2) is 0 Å². The lowest BCUT2D eigenvalue weighted by Crippen LogP contribution is -2.50. The van der Waals surface area contributed by atoms with E-state index in [0.29, 0.717) is 25.6 Å². The number of amides is 3. The zero-order valence-electron chi connectivity index (χ0n) is 17.0. The molecule has 2 unspecified atom stereocenters. The van der Waals surface area contributed by atoms with Crippen LogP contribution in [0.3, 0.4) is 0 Å². The first-order valence-electron chi connectivity index (χ1n) is 11.5. The second kappa shape index (κ2) is 8.83. The molecule has 0 aromatic rings. The van der Waals surface area contributed by atoms with Crippen molar-refractivity contribution in [3.8, 4) is 0 Å². The van der Waals surface area contributed by atoms with Crippen LogP contribution in [0.2, 0.25) is 0 Å². The molecule has 2 heterocycles. The summed E-state index contributed by atoms with van der Waals surface area (Å²) in [6.07, 6.45) is 13.4. The van der Waals surface area contributed by atoms with Crippen LogP contribution in [0, 0.1) is 5.92 Å². The van der Waals surface area contributed by atoms with Crippen LogP contribution < -0.4 is 5.32 Å². The molecule has 28 heavy (non-hydrogen) atoms. The molecule has 2 saturated carbocycles. The zero-order valence-corrected chi connectivity index (χ0v) is 17.0. The molecule has 0 aromatic carbocycles. The van der Waals surface area contributed by atoms with Crippen LogP contribution in [0.25, 0.3) is 0 Å². The molecule has 2 atom stereocenters. The summed E-state index contributed by atoms with van der Waals surface area (Å²) in [6.45, 7) is 1.20. The molecule has 2 aliphatic heterocycles. The van der Waals surface area contributed by atoms with E-state index in [1.807, 2.05) is 4.90 Å². The quantitative estimate of drug-likeness (QED) is 0.803. The van der Waals surface area contributed by atoms with E-state index in [2.05, 4.69) is 5.32 Å². The van der Waals surface area contributed by atoms with Gasteiger partial charge in [-0.1, -0.05) is 38.5 Å². The molecule has 4 rings (SSSR count). The van der Waals surface area contributed by atoms with E-state index in [4.69, 9.17) is 0 Å². The Morgan fingerprint density at radius 2 is 1.54 bits per heavy atom. The van der Waals surface area contributed by atoms with Crippen molar-refractivity contribution in [3.63, 3.8) is 0 Å². The minimum absolute atomic E-state index is 0.0196. The molecular formula is C22H35N3O3. The summed E-state index contributed by atoms with van der Waals surface area (Å²) in [7, 11) is 0. The van der Waals surface area contributed by atoms with E-state index >= 15 is 0 Å². The van der Waals surface area contributed by atoms with Gasteiger partial charge >= 0.3 is 0 Å². The third-order valence-electron chi connectivity index (χ3n) is 7.31. The van der Waals surface area contributed by atoms with E-state index in [0.717, 1.165) is 38.5 Å². The van der Waals surface area contributed by atoms with E-state index in [9.17, 15) is 14.4 Å². The van der Waals surface area contributed by atoms with Gasteiger partial charge in [0.05, 0.1) is 5.92 Å². The maximum absolute atomic E-state index is 13.2. The first-order valence-corrected chi connectivity index (χ1v) is 11.5. The molecule has 6 heteroatoms. The average Bonchev–Trinajstić information content (AvgIpc) is 3.36. The first-order chi connectivity index (χ1) is 13.6. The number of nitrogens with one attached hydrogen (secondary N) is 1. The van der Waals surface area contributed by atoms with Gasteiger partial charge in [-0.05, 0) is 38.5 Å². The highest BCUT2D eigenvalue weighted by molar-refractivity contribution is 5.93. The van der Waals surface area contributed by atoms with Crippen molar-refractivity contribution < 1.29 is 14.4 Å². The number of rotatable bonds is 4. The lowest BCUT2D eigenvalue weighted by Gasteiger charge is -2.32. The van der Waals surface area contributed by atoms with Crippen LogP contribution in [0.1, 0.15) is 83.5 Å². The minimum Gasteiger partial charge on any atom is -0.352 e. The Bertz CT molecular complexity index is 596. The van der Waals surface area contributed by atoms with E-state index < -0.39 is 0 Å². The van der Waals surface area contributed by atoms with Gasteiger partial charge in [0, 0.05) is 31.6 Å². The molecule has 0 radical (unpaired) electrons. The normalized spacial score (nSPS) is 30.1. The van der Waals surface area contributed by atoms with Crippen LogP contribution in [-0.2, 0) is 14.4 Å². The number of hydrogen-bond donors (Lipinski definition) is 1. The molecule has 1 N–H and O–H groups in total. The fourth-order valence-corrected chi connectivity index (χ4v) is 5.72. The van der Waals surface area contributed by atoms with Gasteiger partial charge in [-0.15, -0.1) is 0 Å². The molecular weight excluding hydrogens is 354 g/mol. The molecule has 0 bridgehead atoms. The highest BCUT2D eigenvalue weighted by atomic mass is 16.2. The van der Waals surface area contributed by atoms with Gasteiger partial charge in [-0.3, -0.25) is 14.4 Å². The number of carbonyl (C=O) groups excluding carboxylic acids is 3. The Balaban J connectivity index is 1.35. The topological polar surface area (TPSA) is 69.7 Å². The van der Waals surface area contributed by atoms with Gasteiger partial charge in [0.25, 0.3) is 0 Å². The maximum atomic E-state index is 13.2. The van der Waals surface area contributed by atoms with Gasteiger partial charge < -0.3 is 15.1 Å². The summed E-state index contributed by atoms with van der Waals surface area (Å²) in [5.41, 5.74) is 0.